The molecule has 0 aliphatic carbocycles. The Labute approximate surface area is 287 Å². The summed E-state index contributed by atoms with van der Waals surface area (Å²) in [5.74, 6) is -0.658. The van der Waals surface area contributed by atoms with Gasteiger partial charge in [0.25, 0.3) is 10.0 Å². The molecule has 2 amide bonds. The van der Waals surface area contributed by atoms with Crippen LogP contribution in [0.2, 0.25) is 10.0 Å². The molecule has 0 aliphatic heterocycles. The Hall–Kier alpha value is -4.05. The third-order valence-electron chi connectivity index (χ3n) is 7.50. The number of nitrogens with one attached hydrogen (secondary N) is 1. The average Bonchev–Trinajstić information content (AvgIpc) is 3.07. The van der Waals surface area contributed by atoms with Crippen LogP contribution >= 0.6 is 23.2 Å². The number of rotatable bonds is 16. The number of anilines is 1. The fourth-order valence-electron chi connectivity index (χ4n) is 5.07. The minimum atomic E-state index is -4.27. The van der Waals surface area contributed by atoms with E-state index in [2.05, 4.69) is 5.32 Å². The highest BCUT2D eigenvalue weighted by atomic mass is 35.5. The van der Waals surface area contributed by atoms with E-state index in [-0.39, 0.29) is 36.1 Å². The molecule has 0 bridgehead atoms. The van der Waals surface area contributed by atoms with E-state index in [1.165, 1.54) is 17.0 Å². The van der Waals surface area contributed by atoms with E-state index in [9.17, 15) is 18.0 Å². The largest absolute Gasteiger partial charge is 0.492 e. The molecular formula is C36H39Cl2N3O5S. The fraction of sp³-hybridized carbons (Fsp3) is 0.278. The maximum Gasteiger partial charge on any atom is 0.264 e. The summed E-state index contributed by atoms with van der Waals surface area (Å²) in [6, 6.07) is 27.9. The van der Waals surface area contributed by atoms with Gasteiger partial charge in [0, 0.05) is 29.6 Å². The summed E-state index contributed by atoms with van der Waals surface area (Å²) in [7, 11) is -4.27. The van der Waals surface area contributed by atoms with Gasteiger partial charge in [0.1, 0.15) is 18.3 Å². The van der Waals surface area contributed by atoms with Crippen molar-refractivity contribution in [3.8, 4) is 5.75 Å². The second-order valence-corrected chi connectivity index (χ2v) is 13.5. The van der Waals surface area contributed by atoms with E-state index in [1.54, 1.807) is 67.6 Å². The number of carbonyl (C=O) groups is 2. The average molecular weight is 697 g/mol. The summed E-state index contributed by atoms with van der Waals surface area (Å²) < 4.78 is 35.4. The van der Waals surface area contributed by atoms with E-state index in [0.717, 1.165) is 22.7 Å². The maximum absolute atomic E-state index is 14.7. The topological polar surface area (TPSA) is 96.0 Å². The lowest BCUT2D eigenvalue weighted by atomic mass is 10.0. The molecule has 0 spiro atoms. The Kier molecular flexibility index (Phi) is 13.1. The first kappa shape index (κ1) is 35.8. The predicted molar refractivity (Wildman–Crippen MR) is 187 cm³/mol. The lowest BCUT2D eigenvalue weighted by molar-refractivity contribution is -0.140. The predicted octanol–water partition coefficient (Wildman–Crippen LogP) is 7.14. The molecular weight excluding hydrogens is 657 g/mol. The highest BCUT2D eigenvalue weighted by Gasteiger charge is 2.35. The normalized spacial score (nSPS) is 11.8. The minimum absolute atomic E-state index is 0.00421. The highest BCUT2D eigenvalue weighted by molar-refractivity contribution is 7.92. The van der Waals surface area contributed by atoms with Crippen molar-refractivity contribution in [1.82, 2.24) is 10.2 Å². The van der Waals surface area contributed by atoms with E-state index in [4.69, 9.17) is 27.9 Å². The lowest BCUT2D eigenvalue weighted by Crippen LogP contribution is -2.53. The molecule has 248 valence electrons. The molecule has 11 heteroatoms. The number of hydrogen-bond donors (Lipinski definition) is 1. The molecule has 4 aromatic carbocycles. The smallest absolute Gasteiger partial charge is 0.264 e. The number of benzene rings is 4. The first-order valence-corrected chi connectivity index (χ1v) is 17.7. The molecule has 47 heavy (non-hydrogen) atoms. The summed E-state index contributed by atoms with van der Waals surface area (Å²) in [5.41, 5.74) is 1.58. The van der Waals surface area contributed by atoms with Crippen LogP contribution in [-0.4, -0.2) is 50.9 Å². The number of sulfonamides is 1. The van der Waals surface area contributed by atoms with Crippen LogP contribution in [0, 0.1) is 0 Å². The number of ether oxygens (including phenoxy) is 1. The lowest BCUT2D eigenvalue weighted by Gasteiger charge is -2.34. The van der Waals surface area contributed by atoms with Crippen LogP contribution in [-0.2, 0) is 32.6 Å². The van der Waals surface area contributed by atoms with E-state index in [0.29, 0.717) is 27.9 Å². The molecule has 0 aromatic heterocycles. The minimum Gasteiger partial charge on any atom is -0.492 e. The molecule has 0 saturated carbocycles. The molecule has 4 aromatic rings. The number of unbranched alkanes of at least 4 members (excludes halogenated alkanes) is 1. The van der Waals surface area contributed by atoms with Gasteiger partial charge in [-0.05, 0) is 60.9 Å². The Balaban J connectivity index is 1.84. The van der Waals surface area contributed by atoms with Gasteiger partial charge in [0.05, 0.1) is 17.2 Å². The van der Waals surface area contributed by atoms with Crippen LogP contribution in [0.15, 0.2) is 108 Å². The molecule has 0 heterocycles. The van der Waals surface area contributed by atoms with Crippen molar-refractivity contribution in [2.45, 2.75) is 50.6 Å². The standard InChI is InChI=1S/C36H39Cl2N3O5S/c1-3-5-22-39-36(43)33(23-27-14-8-6-9-15-27)40(25-28-20-21-29(37)24-31(28)38)35(42)26-41(32-18-12-13-19-34(32)46-4-2)47(44,45)30-16-10-7-11-17-30/h6-21,24,33H,3-5,22-23,25-26H2,1-2H3,(H,39,43)/t33-/m1/s1. The van der Waals surface area contributed by atoms with E-state index >= 15 is 0 Å². The summed E-state index contributed by atoms with van der Waals surface area (Å²) >= 11 is 12.8. The summed E-state index contributed by atoms with van der Waals surface area (Å²) in [5, 5.41) is 3.71. The SMILES string of the molecule is CCCCNC(=O)[C@@H](Cc1ccccc1)N(Cc1ccc(Cl)cc1Cl)C(=O)CN(c1ccccc1OCC)S(=O)(=O)c1ccccc1. The molecule has 4 rings (SSSR count). The number of halogens is 2. The van der Waals surface area contributed by atoms with Gasteiger partial charge in [-0.15, -0.1) is 0 Å². The second kappa shape index (κ2) is 17.2. The van der Waals surface area contributed by atoms with Crippen LogP contribution < -0.4 is 14.4 Å². The van der Waals surface area contributed by atoms with Gasteiger partial charge >= 0.3 is 0 Å². The van der Waals surface area contributed by atoms with Crippen molar-refractivity contribution in [3.05, 3.63) is 124 Å². The Bertz CT molecular complexity index is 1740. The van der Waals surface area contributed by atoms with Gasteiger partial charge in [-0.25, -0.2) is 8.42 Å². The third-order valence-corrected chi connectivity index (χ3v) is 9.86. The van der Waals surface area contributed by atoms with Gasteiger partial charge < -0.3 is 15.0 Å². The summed E-state index contributed by atoms with van der Waals surface area (Å²) in [6.07, 6.45) is 1.83. The molecule has 1 N–H and O–H groups in total. The molecule has 0 fully saturated rings. The molecule has 1 atom stereocenters. The van der Waals surface area contributed by atoms with Crippen molar-refractivity contribution in [2.75, 3.05) is 24.0 Å². The van der Waals surface area contributed by atoms with Gasteiger partial charge in [-0.2, -0.15) is 0 Å². The number of para-hydroxylation sites is 2. The second-order valence-electron chi connectivity index (χ2n) is 10.8. The van der Waals surface area contributed by atoms with Crippen LogP contribution in [0.4, 0.5) is 5.69 Å². The van der Waals surface area contributed by atoms with Gasteiger partial charge in [-0.3, -0.25) is 13.9 Å². The highest BCUT2D eigenvalue weighted by Crippen LogP contribution is 2.33. The van der Waals surface area contributed by atoms with Crippen molar-refractivity contribution in [3.63, 3.8) is 0 Å². The number of nitrogens with zero attached hydrogens (tertiary/aromatic N) is 2. The Morgan fingerprint density at radius 3 is 2.19 bits per heavy atom. The van der Waals surface area contributed by atoms with E-state index in [1.807, 2.05) is 37.3 Å². The van der Waals surface area contributed by atoms with Crippen molar-refractivity contribution < 1.29 is 22.7 Å². The first-order chi connectivity index (χ1) is 22.6. The third kappa shape index (κ3) is 9.50. The zero-order valence-corrected chi connectivity index (χ0v) is 28.8. The van der Waals surface area contributed by atoms with Crippen molar-refractivity contribution >= 4 is 50.7 Å². The monoisotopic (exact) mass is 695 g/mol. The van der Waals surface area contributed by atoms with Crippen molar-refractivity contribution in [2.24, 2.45) is 0 Å². The number of hydrogen-bond acceptors (Lipinski definition) is 5. The number of carbonyl (C=O) groups excluding carboxylic acids is 2. The maximum atomic E-state index is 14.7. The Morgan fingerprint density at radius 2 is 1.53 bits per heavy atom. The summed E-state index contributed by atoms with van der Waals surface area (Å²) in [4.78, 5) is 30.0. The van der Waals surface area contributed by atoms with Gasteiger partial charge in [0.15, 0.2) is 0 Å². The van der Waals surface area contributed by atoms with E-state index < -0.39 is 28.5 Å². The number of amides is 2. The van der Waals surface area contributed by atoms with Crippen LogP contribution in [0.5, 0.6) is 5.75 Å². The summed E-state index contributed by atoms with van der Waals surface area (Å²) in [6.45, 7) is 3.84. The molecule has 0 unspecified atom stereocenters. The van der Waals surface area contributed by atoms with Crippen LogP contribution in [0.1, 0.15) is 37.8 Å². The van der Waals surface area contributed by atoms with Crippen molar-refractivity contribution in [1.29, 1.82) is 0 Å². The molecule has 0 aliphatic rings. The molecule has 8 nitrogen and oxygen atoms in total. The zero-order valence-electron chi connectivity index (χ0n) is 26.4. The van der Waals surface area contributed by atoms with Crippen LogP contribution in [0.25, 0.3) is 0 Å². The first-order valence-electron chi connectivity index (χ1n) is 15.5. The zero-order chi connectivity index (χ0) is 33.8. The van der Waals surface area contributed by atoms with Gasteiger partial charge in [-0.1, -0.05) is 103 Å². The quantitative estimate of drug-likeness (QED) is 0.126. The molecule has 0 radical (unpaired) electrons. The molecule has 0 saturated heterocycles. The van der Waals surface area contributed by atoms with Gasteiger partial charge in [0.2, 0.25) is 11.8 Å². The van der Waals surface area contributed by atoms with Crippen LogP contribution in [0.3, 0.4) is 0 Å². The Morgan fingerprint density at radius 1 is 0.872 bits per heavy atom. The fourth-order valence-corrected chi connectivity index (χ4v) is 6.98.